The van der Waals surface area contributed by atoms with Gasteiger partial charge < -0.3 is 55.2 Å². The summed E-state index contributed by atoms with van der Waals surface area (Å²) in [7, 11) is 1.68. The van der Waals surface area contributed by atoms with Crippen molar-refractivity contribution in [3.05, 3.63) is 76.4 Å². The molecular weight excluding hydrogens is 403 g/mol. The molecule has 0 atom stereocenters. The van der Waals surface area contributed by atoms with Gasteiger partial charge in [0.1, 0.15) is 5.75 Å². The molecule has 1 nitrogen and oxygen atoms in total. The molecule has 110 valence electrons. The fourth-order valence-electron chi connectivity index (χ4n) is 1.70. The molecule has 0 aromatic heterocycles. The van der Waals surface area contributed by atoms with Crippen LogP contribution in [-0.2, 0) is 17.1 Å². The van der Waals surface area contributed by atoms with E-state index in [4.69, 9.17) is 4.74 Å². The van der Waals surface area contributed by atoms with Gasteiger partial charge in [-0.15, -0.1) is 29.8 Å². The van der Waals surface area contributed by atoms with Crippen molar-refractivity contribution in [3.8, 4) is 16.9 Å². The quantitative estimate of drug-likeness (QED) is 0.320. The van der Waals surface area contributed by atoms with Crippen LogP contribution in [0.5, 0.6) is 5.75 Å². The third kappa shape index (κ3) is 5.16. The molecule has 0 unspecified atom stereocenters. The Labute approximate surface area is 144 Å². The third-order valence-corrected chi connectivity index (χ3v) is 3.43. The topological polar surface area (TPSA) is 9.23 Å². The van der Waals surface area contributed by atoms with Crippen molar-refractivity contribution < 1.29 is 21.8 Å². The van der Waals surface area contributed by atoms with Gasteiger partial charge in [0.2, 0.25) is 0 Å². The summed E-state index contributed by atoms with van der Waals surface area (Å²) in [5.74, 6) is 0.898. The minimum absolute atomic E-state index is 0. The Hall–Kier alpha value is -1.03. The molecule has 0 amide bonds. The minimum atomic E-state index is 0. The van der Waals surface area contributed by atoms with Gasteiger partial charge in [0.15, 0.2) is 0 Å². The van der Waals surface area contributed by atoms with Gasteiger partial charge in [0.25, 0.3) is 0 Å². The summed E-state index contributed by atoms with van der Waals surface area (Å²) in [4.78, 5) is 0. The van der Waals surface area contributed by atoms with Crippen molar-refractivity contribution in [3.63, 3.8) is 0 Å². The fourth-order valence-corrected chi connectivity index (χ4v) is 2.12. The molecule has 3 aromatic carbocycles. The molecule has 0 saturated heterocycles. The number of hydrogen-bond acceptors (Lipinski definition) is 1. The van der Waals surface area contributed by atoms with Crippen LogP contribution in [0.3, 0.4) is 0 Å². The average molecular weight is 418 g/mol. The molecule has 0 N–H and O–H groups in total. The predicted octanol–water partition coefficient (Wildman–Crippen LogP) is 5.09. The van der Waals surface area contributed by atoms with Crippen LogP contribution in [0.1, 0.15) is 0 Å². The molecule has 3 aromatic rings. The number of ether oxygens (including phenoxy) is 1. The molecule has 0 bridgehead atoms. The normalized spacial score (nSPS) is 9.10. The minimum Gasteiger partial charge on any atom is -0.747 e. The molecule has 0 radical (unpaired) electrons. The van der Waals surface area contributed by atoms with Gasteiger partial charge in [-0.3, -0.25) is 0 Å². The maximum Gasteiger partial charge on any atom is 0.104 e. The van der Waals surface area contributed by atoms with Crippen LogP contribution in [0.2, 0.25) is 0 Å². The predicted molar refractivity (Wildman–Crippen MR) is 88.8 cm³/mol. The van der Waals surface area contributed by atoms with E-state index in [-0.39, 0.29) is 17.1 Å². The van der Waals surface area contributed by atoms with E-state index in [9.17, 15) is 0 Å². The van der Waals surface area contributed by atoms with Crippen LogP contribution in [0.25, 0.3) is 11.1 Å². The first-order valence-corrected chi connectivity index (χ1v) is 7.11. The molecule has 0 heterocycles. The van der Waals surface area contributed by atoms with E-state index in [1.165, 1.54) is 14.7 Å². The molecule has 0 aliphatic heterocycles. The Morgan fingerprint density at radius 3 is 1.95 bits per heavy atom. The number of methoxy groups -OCH3 is 1. The molecule has 0 saturated carbocycles. The standard InChI is InChI=1S/C12H11O.C5H4I.Fe/c1-13-12-8-6-11(7-9-12)10-4-2-3-5-10;6-5-3-1-2-4-5;/h2-9H,1H3;1-4H;/q-1;-5;. The van der Waals surface area contributed by atoms with Crippen molar-refractivity contribution in [2.75, 3.05) is 7.11 Å². The van der Waals surface area contributed by atoms with E-state index >= 15 is 0 Å². The SMILES string of the molecule is COc1ccc(-[c-]2cccc2)cc1.I[c-]1[cH-][cH-][cH-][cH-]1.[Fe]. The summed E-state index contributed by atoms with van der Waals surface area (Å²) < 4.78 is 6.40. The molecular formula is C17H15FeIO-6. The van der Waals surface area contributed by atoms with Gasteiger partial charge in [-0.25, -0.2) is 0 Å². The summed E-state index contributed by atoms with van der Waals surface area (Å²) >= 11 is 2.28. The monoisotopic (exact) mass is 418 g/mol. The zero-order valence-electron chi connectivity index (χ0n) is 11.1. The smallest absolute Gasteiger partial charge is 0.104 e. The van der Waals surface area contributed by atoms with Crippen molar-refractivity contribution in [2.45, 2.75) is 0 Å². The number of halogens is 1. The van der Waals surface area contributed by atoms with E-state index in [1.807, 2.05) is 36.4 Å². The van der Waals surface area contributed by atoms with E-state index in [0.29, 0.717) is 0 Å². The zero-order chi connectivity index (χ0) is 13.5. The van der Waals surface area contributed by atoms with E-state index in [2.05, 4.69) is 59.0 Å². The number of rotatable bonds is 2. The van der Waals surface area contributed by atoms with Gasteiger partial charge in [-0.1, -0.05) is 17.7 Å². The van der Waals surface area contributed by atoms with Gasteiger partial charge in [-0.2, -0.15) is 12.1 Å². The first kappa shape index (κ1) is 17.0. The van der Waals surface area contributed by atoms with E-state index in [0.717, 1.165) is 5.75 Å². The largest absolute Gasteiger partial charge is 0.747 e. The second-order valence-corrected chi connectivity index (χ2v) is 5.25. The summed E-state index contributed by atoms with van der Waals surface area (Å²) in [6.45, 7) is 0. The van der Waals surface area contributed by atoms with Crippen LogP contribution in [0.15, 0.2) is 72.8 Å². The van der Waals surface area contributed by atoms with Crippen molar-refractivity contribution in [1.82, 2.24) is 0 Å². The van der Waals surface area contributed by atoms with Crippen LogP contribution in [-0.4, -0.2) is 7.11 Å². The number of hydrogen-bond donors (Lipinski definition) is 0. The molecule has 0 aliphatic rings. The number of benzene rings is 1. The Balaban J connectivity index is 0.000000243. The molecule has 0 spiro atoms. The molecule has 3 heteroatoms. The van der Waals surface area contributed by atoms with Gasteiger partial charge in [0, 0.05) is 17.1 Å². The molecule has 0 aliphatic carbocycles. The van der Waals surface area contributed by atoms with E-state index < -0.39 is 0 Å². The molecule has 0 fully saturated rings. The third-order valence-electron chi connectivity index (χ3n) is 2.71. The maximum atomic E-state index is 5.09. The maximum absolute atomic E-state index is 5.09. The second kappa shape index (κ2) is 9.01. The Kier molecular flexibility index (Phi) is 7.67. The van der Waals surface area contributed by atoms with Crippen LogP contribution in [0, 0.1) is 3.57 Å². The van der Waals surface area contributed by atoms with E-state index in [1.54, 1.807) is 7.11 Å². The summed E-state index contributed by atoms with van der Waals surface area (Å²) in [5.41, 5.74) is 2.48. The average Bonchev–Trinajstić information content (AvgIpc) is 3.12. The van der Waals surface area contributed by atoms with Gasteiger partial charge in [0.05, 0.1) is 7.11 Å². The van der Waals surface area contributed by atoms with Crippen molar-refractivity contribution in [2.24, 2.45) is 0 Å². The first-order valence-electron chi connectivity index (χ1n) is 6.03. The Morgan fingerprint density at radius 2 is 1.55 bits per heavy atom. The molecule has 3 rings (SSSR count). The Bertz CT molecular complexity index is 568. The summed E-state index contributed by atoms with van der Waals surface area (Å²) in [6.07, 6.45) is 0. The van der Waals surface area contributed by atoms with Crippen LogP contribution < -0.4 is 4.74 Å². The fraction of sp³-hybridized carbons (Fsp3) is 0.0588. The second-order valence-electron chi connectivity index (χ2n) is 4.01. The Morgan fingerprint density at radius 1 is 1.00 bits per heavy atom. The van der Waals surface area contributed by atoms with Crippen LogP contribution >= 0.6 is 22.6 Å². The zero-order valence-corrected chi connectivity index (χ0v) is 14.3. The summed E-state index contributed by atoms with van der Waals surface area (Å²) in [5, 5.41) is 0. The van der Waals surface area contributed by atoms with Crippen molar-refractivity contribution in [1.29, 1.82) is 0 Å². The van der Waals surface area contributed by atoms with Gasteiger partial charge >= 0.3 is 0 Å². The summed E-state index contributed by atoms with van der Waals surface area (Å²) in [6, 6.07) is 24.6. The van der Waals surface area contributed by atoms with Crippen LogP contribution in [0.4, 0.5) is 0 Å². The van der Waals surface area contributed by atoms with Gasteiger partial charge in [-0.05, 0) is 0 Å². The molecule has 20 heavy (non-hydrogen) atoms. The van der Waals surface area contributed by atoms with Crippen molar-refractivity contribution >= 4 is 22.6 Å². The first-order chi connectivity index (χ1) is 9.29.